The highest BCUT2D eigenvalue weighted by Crippen LogP contribution is 2.31. The van der Waals surface area contributed by atoms with Crippen LogP contribution in [0.4, 0.5) is 0 Å². The van der Waals surface area contributed by atoms with E-state index in [4.69, 9.17) is 0 Å². The molecule has 0 amide bonds. The summed E-state index contributed by atoms with van der Waals surface area (Å²) in [7, 11) is 3.58. The van der Waals surface area contributed by atoms with E-state index in [2.05, 4.69) is 42.4 Å². The van der Waals surface area contributed by atoms with Gasteiger partial charge in [-0.05, 0) is 6.08 Å². The number of nitrogens with zero attached hydrogens (tertiary/aromatic N) is 7. The molecule has 0 saturated heterocycles. The van der Waals surface area contributed by atoms with Crippen molar-refractivity contribution in [1.29, 1.82) is 0 Å². The van der Waals surface area contributed by atoms with Gasteiger partial charge in [-0.1, -0.05) is 6.58 Å². The van der Waals surface area contributed by atoms with Gasteiger partial charge in [-0.25, -0.2) is 14.6 Å². The average molecular weight is 383 g/mol. The number of hydrazone groups is 1. The van der Waals surface area contributed by atoms with Crippen LogP contribution in [-0.2, 0) is 20.0 Å². The Labute approximate surface area is 157 Å². The lowest BCUT2D eigenvalue weighted by molar-refractivity contribution is 0.620. The zero-order chi connectivity index (χ0) is 19.0. The van der Waals surface area contributed by atoms with E-state index in [0.29, 0.717) is 17.8 Å². The Morgan fingerprint density at radius 2 is 2.37 bits per heavy atom. The number of hydrogen-bond acceptors (Lipinski definition) is 8. The molecule has 138 valence electrons. The summed E-state index contributed by atoms with van der Waals surface area (Å²) in [5.41, 5.74) is 4.69. The lowest BCUT2D eigenvalue weighted by Crippen LogP contribution is -2.25. The Bertz CT molecular complexity index is 1210. The molecule has 10 nitrogen and oxygen atoms in total. The predicted octanol–water partition coefficient (Wildman–Crippen LogP) is 0.815. The molecule has 27 heavy (non-hydrogen) atoms. The first-order valence-electron chi connectivity index (χ1n) is 8.16. The molecule has 4 aromatic rings. The fraction of sp³-hybridized carbons (Fsp3) is 0.250. The second kappa shape index (κ2) is 6.76. The standard InChI is InChI=1S/C16H17N9OS/c1-4-9(22-17-2)5-12-21-15-14(27-12)10-6-20-25(7-11-18-8-19-23-11)16(26)13(10)24(15)3/h4,6,8,17H,1,5,7H2,2-3H3,(H,18,19,23)/b22-9+. The molecule has 11 heteroatoms. The molecule has 0 aliphatic carbocycles. The number of fused-ring (bicyclic) bond motifs is 3. The molecule has 0 aliphatic heterocycles. The van der Waals surface area contributed by atoms with Crippen LogP contribution in [0.25, 0.3) is 21.3 Å². The molecule has 0 saturated carbocycles. The Morgan fingerprint density at radius 1 is 1.52 bits per heavy atom. The van der Waals surface area contributed by atoms with E-state index in [1.807, 2.05) is 11.6 Å². The van der Waals surface area contributed by atoms with Gasteiger partial charge in [0.05, 0.1) is 16.6 Å². The van der Waals surface area contributed by atoms with E-state index in [0.717, 1.165) is 26.5 Å². The summed E-state index contributed by atoms with van der Waals surface area (Å²) in [6.07, 6.45) is 5.37. The monoisotopic (exact) mass is 383 g/mol. The fourth-order valence-electron chi connectivity index (χ4n) is 2.93. The zero-order valence-corrected chi connectivity index (χ0v) is 15.6. The SMILES string of the molecule is C=C/C(Cc1nc2c(s1)c1cnn(Cc3ncn[nH]3)c(=O)c1n2C)=N\NC. The fourth-order valence-corrected chi connectivity index (χ4v) is 4.05. The van der Waals surface area contributed by atoms with Gasteiger partial charge in [0.15, 0.2) is 5.65 Å². The largest absolute Gasteiger partial charge is 0.323 e. The van der Waals surface area contributed by atoms with Crippen molar-refractivity contribution in [3.63, 3.8) is 0 Å². The molecular weight excluding hydrogens is 366 g/mol. The molecule has 0 bridgehead atoms. The van der Waals surface area contributed by atoms with Crippen LogP contribution < -0.4 is 11.0 Å². The number of rotatable bonds is 6. The maximum absolute atomic E-state index is 12.9. The van der Waals surface area contributed by atoms with Crippen LogP contribution >= 0.6 is 11.3 Å². The smallest absolute Gasteiger partial charge is 0.291 e. The van der Waals surface area contributed by atoms with E-state index in [-0.39, 0.29) is 12.1 Å². The van der Waals surface area contributed by atoms with Gasteiger partial charge in [0, 0.05) is 25.9 Å². The third-order valence-corrected chi connectivity index (χ3v) is 5.24. The van der Waals surface area contributed by atoms with Gasteiger partial charge in [0.2, 0.25) is 0 Å². The molecular formula is C16H17N9OS. The summed E-state index contributed by atoms with van der Waals surface area (Å²) in [5.74, 6) is 0.571. The molecule has 4 aromatic heterocycles. The third kappa shape index (κ3) is 2.91. The Morgan fingerprint density at radius 3 is 3.07 bits per heavy atom. The first-order chi connectivity index (χ1) is 13.1. The van der Waals surface area contributed by atoms with E-state index >= 15 is 0 Å². The highest BCUT2D eigenvalue weighted by atomic mass is 32.1. The highest BCUT2D eigenvalue weighted by Gasteiger charge is 2.18. The molecule has 4 rings (SSSR count). The molecule has 0 spiro atoms. The van der Waals surface area contributed by atoms with E-state index in [1.54, 1.807) is 19.3 Å². The number of aryl methyl sites for hydroxylation is 1. The van der Waals surface area contributed by atoms with Crippen LogP contribution in [0.3, 0.4) is 0 Å². The zero-order valence-electron chi connectivity index (χ0n) is 14.8. The van der Waals surface area contributed by atoms with Crippen LogP contribution in [0.2, 0.25) is 0 Å². The minimum Gasteiger partial charge on any atom is -0.323 e. The van der Waals surface area contributed by atoms with Crippen molar-refractivity contribution in [2.75, 3.05) is 7.05 Å². The van der Waals surface area contributed by atoms with Gasteiger partial charge in [0.25, 0.3) is 5.56 Å². The van der Waals surface area contributed by atoms with Crippen molar-refractivity contribution in [1.82, 2.24) is 39.9 Å². The van der Waals surface area contributed by atoms with Crippen LogP contribution in [-0.4, -0.2) is 47.3 Å². The number of H-pyrrole nitrogens is 1. The maximum Gasteiger partial charge on any atom is 0.291 e. The van der Waals surface area contributed by atoms with Gasteiger partial charge in [-0.3, -0.25) is 9.89 Å². The average Bonchev–Trinajstić information content (AvgIpc) is 3.36. The molecule has 0 radical (unpaired) electrons. The van der Waals surface area contributed by atoms with Gasteiger partial charge >= 0.3 is 0 Å². The van der Waals surface area contributed by atoms with Crippen LogP contribution in [0, 0.1) is 0 Å². The van der Waals surface area contributed by atoms with Crippen LogP contribution in [0.1, 0.15) is 10.8 Å². The van der Waals surface area contributed by atoms with Crippen molar-refractivity contribution >= 4 is 38.3 Å². The molecule has 0 fully saturated rings. The van der Waals surface area contributed by atoms with Crippen molar-refractivity contribution in [2.45, 2.75) is 13.0 Å². The number of allylic oxidation sites excluding steroid dienone is 1. The van der Waals surface area contributed by atoms with Gasteiger partial charge in [-0.15, -0.1) is 11.3 Å². The summed E-state index contributed by atoms with van der Waals surface area (Å²) in [5, 5.41) is 16.7. The van der Waals surface area contributed by atoms with E-state index < -0.39 is 0 Å². The first kappa shape index (κ1) is 17.1. The molecule has 0 atom stereocenters. The summed E-state index contributed by atoms with van der Waals surface area (Å²) < 4.78 is 4.11. The molecule has 0 unspecified atom stereocenters. The summed E-state index contributed by atoms with van der Waals surface area (Å²) >= 11 is 1.53. The number of thiazole rings is 1. The summed E-state index contributed by atoms with van der Waals surface area (Å²) in [4.78, 5) is 21.6. The summed E-state index contributed by atoms with van der Waals surface area (Å²) in [6, 6.07) is 0. The second-order valence-corrected chi connectivity index (χ2v) is 6.91. The van der Waals surface area contributed by atoms with Gasteiger partial charge in [0.1, 0.15) is 29.2 Å². The van der Waals surface area contributed by atoms with Gasteiger partial charge < -0.3 is 9.99 Å². The Balaban J connectivity index is 1.79. The van der Waals surface area contributed by atoms with Crippen molar-refractivity contribution in [3.8, 4) is 0 Å². The molecule has 0 aromatic carbocycles. The predicted molar refractivity (Wildman–Crippen MR) is 104 cm³/mol. The molecule has 2 N–H and O–H groups in total. The molecule has 4 heterocycles. The lowest BCUT2D eigenvalue weighted by atomic mass is 10.3. The van der Waals surface area contributed by atoms with E-state index in [9.17, 15) is 4.79 Å². The first-order valence-corrected chi connectivity index (χ1v) is 8.98. The third-order valence-electron chi connectivity index (χ3n) is 4.16. The lowest BCUT2D eigenvalue weighted by Gasteiger charge is -2.03. The normalized spacial score (nSPS) is 12.1. The summed E-state index contributed by atoms with van der Waals surface area (Å²) in [6.45, 7) is 4.00. The van der Waals surface area contributed by atoms with Gasteiger partial charge in [-0.2, -0.15) is 15.3 Å². The van der Waals surface area contributed by atoms with Crippen molar-refractivity contribution in [2.24, 2.45) is 12.1 Å². The highest BCUT2D eigenvalue weighted by molar-refractivity contribution is 7.19. The minimum absolute atomic E-state index is 0.193. The topological polar surface area (TPSA) is 119 Å². The molecule has 0 aliphatic rings. The minimum atomic E-state index is -0.193. The Kier molecular flexibility index (Phi) is 4.28. The number of nitrogens with one attached hydrogen (secondary N) is 2. The van der Waals surface area contributed by atoms with Crippen molar-refractivity contribution < 1.29 is 0 Å². The van der Waals surface area contributed by atoms with Crippen molar-refractivity contribution in [3.05, 3.63) is 46.4 Å². The number of hydrogen-bond donors (Lipinski definition) is 2. The van der Waals surface area contributed by atoms with E-state index in [1.165, 1.54) is 22.3 Å². The van der Waals surface area contributed by atoms with Crippen LogP contribution in [0.15, 0.2) is 35.1 Å². The Hall–Kier alpha value is -3.34. The maximum atomic E-state index is 12.9. The quantitative estimate of drug-likeness (QED) is 0.376. The number of aromatic amines is 1. The second-order valence-electron chi connectivity index (χ2n) is 5.83. The van der Waals surface area contributed by atoms with Crippen LogP contribution in [0.5, 0.6) is 0 Å². The number of aromatic nitrogens is 7.